The van der Waals surface area contributed by atoms with E-state index in [2.05, 4.69) is 44.7 Å². The largest absolute Gasteiger partial charge is 0.0803 e. The SMILES string of the molecule is CC[Si](C)(CC)C1C=CC=C1. The standard InChI is InChI=1S/C10H18Si/c1-4-11(3,5-2)10-8-6-7-9-10/h6-10H,4-5H2,1-3H3. The van der Waals surface area contributed by atoms with Crippen molar-refractivity contribution in [2.24, 2.45) is 0 Å². The van der Waals surface area contributed by atoms with Crippen molar-refractivity contribution in [1.29, 1.82) is 0 Å². The van der Waals surface area contributed by atoms with Crippen LogP contribution < -0.4 is 0 Å². The molecule has 0 radical (unpaired) electrons. The van der Waals surface area contributed by atoms with Gasteiger partial charge in [0.2, 0.25) is 0 Å². The maximum atomic E-state index is 2.51. The van der Waals surface area contributed by atoms with E-state index in [0.29, 0.717) is 0 Å². The van der Waals surface area contributed by atoms with E-state index in [4.69, 9.17) is 0 Å². The molecule has 0 saturated carbocycles. The fraction of sp³-hybridized carbons (Fsp3) is 0.600. The van der Waals surface area contributed by atoms with Gasteiger partial charge in [-0.2, -0.15) is 0 Å². The van der Waals surface area contributed by atoms with E-state index in [1.807, 2.05) is 0 Å². The van der Waals surface area contributed by atoms with Crippen LogP contribution in [0.5, 0.6) is 0 Å². The minimum Gasteiger partial charge on any atom is -0.0803 e. The molecule has 0 bridgehead atoms. The van der Waals surface area contributed by atoms with Crippen molar-refractivity contribution in [3.8, 4) is 0 Å². The maximum absolute atomic E-state index is 2.51. The van der Waals surface area contributed by atoms with Gasteiger partial charge in [0, 0.05) is 0 Å². The molecule has 1 rings (SSSR count). The summed E-state index contributed by atoms with van der Waals surface area (Å²) in [5.41, 5.74) is 0.817. The minimum atomic E-state index is -0.938. The van der Waals surface area contributed by atoms with E-state index in [1.54, 1.807) is 0 Å². The molecule has 0 aromatic carbocycles. The van der Waals surface area contributed by atoms with Gasteiger partial charge in [-0.1, -0.05) is 56.8 Å². The minimum absolute atomic E-state index is 0.817. The fourth-order valence-electron chi connectivity index (χ4n) is 1.62. The number of hydrogen-bond acceptors (Lipinski definition) is 0. The third kappa shape index (κ3) is 1.64. The zero-order chi connectivity index (χ0) is 8.32. The summed E-state index contributed by atoms with van der Waals surface area (Å²) >= 11 is 0. The van der Waals surface area contributed by atoms with Gasteiger partial charge in [-0.3, -0.25) is 0 Å². The lowest BCUT2D eigenvalue weighted by Crippen LogP contribution is -2.31. The average molecular weight is 166 g/mol. The molecule has 0 fully saturated rings. The van der Waals surface area contributed by atoms with Gasteiger partial charge in [0.25, 0.3) is 0 Å². The highest BCUT2D eigenvalue weighted by Crippen LogP contribution is 2.34. The molecule has 1 aliphatic carbocycles. The van der Waals surface area contributed by atoms with Gasteiger partial charge in [-0.15, -0.1) is 0 Å². The van der Waals surface area contributed by atoms with E-state index in [-0.39, 0.29) is 0 Å². The molecule has 1 aliphatic rings. The average Bonchev–Trinajstić information content (AvgIpc) is 2.55. The zero-order valence-electron chi connectivity index (χ0n) is 7.80. The molecule has 0 spiro atoms. The molecule has 0 heterocycles. The second kappa shape index (κ2) is 3.40. The lowest BCUT2D eigenvalue weighted by atomic mass is 10.5. The third-order valence-corrected chi connectivity index (χ3v) is 8.39. The quantitative estimate of drug-likeness (QED) is 0.562. The van der Waals surface area contributed by atoms with Crippen molar-refractivity contribution >= 4 is 8.07 Å². The molecule has 0 N–H and O–H groups in total. The van der Waals surface area contributed by atoms with Crippen LogP contribution in [0.15, 0.2) is 24.3 Å². The van der Waals surface area contributed by atoms with Crippen LogP contribution in [0, 0.1) is 0 Å². The van der Waals surface area contributed by atoms with E-state index < -0.39 is 8.07 Å². The van der Waals surface area contributed by atoms with Crippen molar-refractivity contribution in [3.05, 3.63) is 24.3 Å². The normalized spacial score (nSPS) is 18.1. The van der Waals surface area contributed by atoms with Crippen LogP contribution in [-0.2, 0) is 0 Å². The first-order valence-corrected chi connectivity index (χ1v) is 7.57. The second-order valence-corrected chi connectivity index (χ2v) is 9.05. The van der Waals surface area contributed by atoms with E-state index in [9.17, 15) is 0 Å². The molecule has 0 unspecified atom stereocenters. The zero-order valence-corrected chi connectivity index (χ0v) is 8.80. The first kappa shape index (κ1) is 8.79. The third-order valence-electron chi connectivity index (χ3n) is 3.17. The molecule has 11 heavy (non-hydrogen) atoms. The van der Waals surface area contributed by atoms with Gasteiger partial charge in [-0.25, -0.2) is 0 Å². The van der Waals surface area contributed by atoms with Crippen molar-refractivity contribution < 1.29 is 0 Å². The molecule has 0 aliphatic heterocycles. The van der Waals surface area contributed by atoms with E-state index >= 15 is 0 Å². The van der Waals surface area contributed by atoms with Gasteiger partial charge in [-0.05, 0) is 5.54 Å². The Bertz CT molecular complexity index is 163. The Balaban J connectivity index is 2.68. The summed E-state index contributed by atoms with van der Waals surface area (Å²) < 4.78 is 0. The van der Waals surface area contributed by atoms with Crippen molar-refractivity contribution in [3.63, 3.8) is 0 Å². The monoisotopic (exact) mass is 166 g/mol. The first-order chi connectivity index (χ1) is 5.23. The Morgan fingerprint density at radius 2 is 1.55 bits per heavy atom. The smallest absolute Gasteiger partial charge is 0.0613 e. The molecule has 0 aromatic rings. The van der Waals surface area contributed by atoms with Crippen molar-refractivity contribution in [1.82, 2.24) is 0 Å². The van der Waals surface area contributed by atoms with Gasteiger partial charge in [0.15, 0.2) is 0 Å². The van der Waals surface area contributed by atoms with Crippen LogP contribution in [0.1, 0.15) is 13.8 Å². The topological polar surface area (TPSA) is 0 Å². The number of rotatable bonds is 3. The maximum Gasteiger partial charge on any atom is 0.0613 e. The van der Waals surface area contributed by atoms with Crippen LogP contribution in [0.4, 0.5) is 0 Å². The lowest BCUT2D eigenvalue weighted by molar-refractivity contribution is 1.14. The molecular weight excluding hydrogens is 148 g/mol. The van der Waals surface area contributed by atoms with Crippen molar-refractivity contribution in [2.75, 3.05) is 0 Å². The molecule has 0 nitrogen and oxygen atoms in total. The molecule has 0 amide bonds. The molecule has 1 heteroatoms. The molecule has 0 saturated heterocycles. The summed E-state index contributed by atoms with van der Waals surface area (Å²) in [7, 11) is -0.938. The van der Waals surface area contributed by atoms with E-state index in [1.165, 1.54) is 12.1 Å². The molecule has 0 atom stereocenters. The summed E-state index contributed by atoms with van der Waals surface area (Å²) in [6.45, 7) is 7.20. The van der Waals surface area contributed by atoms with Crippen LogP contribution in [0.2, 0.25) is 24.2 Å². The Labute approximate surface area is 71.0 Å². The van der Waals surface area contributed by atoms with Crippen LogP contribution >= 0.6 is 0 Å². The second-order valence-electron chi connectivity index (χ2n) is 3.66. The van der Waals surface area contributed by atoms with Gasteiger partial charge >= 0.3 is 0 Å². The summed E-state index contributed by atoms with van der Waals surface area (Å²) in [6.07, 6.45) is 9.14. The predicted octanol–water partition coefficient (Wildman–Crippen LogP) is 3.60. The van der Waals surface area contributed by atoms with Crippen LogP contribution in [-0.4, -0.2) is 8.07 Å². The predicted molar refractivity (Wildman–Crippen MR) is 54.6 cm³/mol. The first-order valence-electron chi connectivity index (χ1n) is 4.58. The molecular formula is C10H18Si. The summed E-state index contributed by atoms with van der Waals surface area (Å²) in [5, 5.41) is 0. The molecule has 62 valence electrons. The van der Waals surface area contributed by atoms with Crippen LogP contribution in [0.3, 0.4) is 0 Å². The molecule has 0 aromatic heterocycles. The highest BCUT2D eigenvalue weighted by atomic mass is 28.3. The lowest BCUT2D eigenvalue weighted by Gasteiger charge is -2.28. The Hall–Kier alpha value is -0.303. The highest BCUT2D eigenvalue weighted by molar-refractivity contribution is 6.80. The fourth-order valence-corrected chi connectivity index (χ4v) is 4.21. The van der Waals surface area contributed by atoms with E-state index in [0.717, 1.165) is 5.54 Å². The summed E-state index contributed by atoms with van der Waals surface area (Å²) in [6, 6.07) is 2.81. The van der Waals surface area contributed by atoms with Gasteiger partial charge in [0.1, 0.15) is 0 Å². The van der Waals surface area contributed by atoms with Gasteiger partial charge < -0.3 is 0 Å². The Kier molecular flexibility index (Phi) is 2.71. The number of hydrogen-bond donors (Lipinski definition) is 0. The Morgan fingerprint density at radius 1 is 1.09 bits per heavy atom. The van der Waals surface area contributed by atoms with Crippen molar-refractivity contribution in [2.45, 2.75) is 38.0 Å². The highest BCUT2D eigenvalue weighted by Gasteiger charge is 2.30. The van der Waals surface area contributed by atoms with Crippen LogP contribution in [0.25, 0.3) is 0 Å². The van der Waals surface area contributed by atoms with Gasteiger partial charge in [0.05, 0.1) is 8.07 Å². The summed E-state index contributed by atoms with van der Waals surface area (Å²) in [5.74, 6) is 0. The summed E-state index contributed by atoms with van der Waals surface area (Å²) in [4.78, 5) is 0. The number of allylic oxidation sites excluding steroid dienone is 4. The Morgan fingerprint density at radius 3 is 1.91 bits per heavy atom.